The van der Waals surface area contributed by atoms with Gasteiger partial charge in [-0.3, -0.25) is 4.79 Å². The lowest BCUT2D eigenvalue weighted by atomic mass is 10.1. The Morgan fingerprint density at radius 3 is 2.65 bits per heavy atom. The molecule has 1 aromatic carbocycles. The molecule has 1 fully saturated rings. The van der Waals surface area contributed by atoms with Gasteiger partial charge in [-0.05, 0) is 50.6 Å². The van der Waals surface area contributed by atoms with Crippen molar-refractivity contribution in [3.8, 4) is 11.5 Å². The second-order valence-corrected chi connectivity index (χ2v) is 4.99. The number of hydrogen-bond donors (Lipinski definition) is 2. The molecule has 110 valence electrons. The normalized spacial score (nSPS) is 20.0. The standard InChI is InChI=1S/C15H22N2O3/c1-11(15(18)17-12-4-3-9-16-10-12)20-14-7-5-13(19-2)6-8-14/h5-8,11-12,16H,3-4,9-10H2,1-2H3,(H,17,18)/t11?,12-/m0/s1. The summed E-state index contributed by atoms with van der Waals surface area (Å²) in [6.45, 7) is 3.63. The summed E-state index contributed by atoms with van der Waals surface area (Å²) in [6, 6.07) is 7.42. The van der Waals surface area contributed by atoms with E-state index < -0.39 is 6.10 Å². The van der Waals surface area contributed by atoms with E-state index in [0.717, 1.165) is 31.7 Å². The second kappa shape index (κ2) is 7.14. The highest BCUT2D eigenvalue weighted by atomic mass is 16.5. The minimum absolute atomic E-state index is 0.0745. The lowest BCUT2D eigenvalue weighted by Crippen LogP contribution is -2.49. The highest BCUT2D eigenvalue weighted by Crippen LogP contribution is 2.18. The van der Waals surface area contributed by atoms with Gasteiger partial charge in [0, 0.05) is 12.6 Å². The quantitative estimate of drug-likeness (QED) is 0.853. The number of nitrogens with one attached hydrogen (secondary N) is 2. The average molecular weight is 278 g/mol. The number of amides is 1. The van der Waals surface area contributed by atoms with Crippen molar-refractivity contribution in [1.82, 2.24) is 10.6 Å². The van der Waals surface area contributed by atoms with Crippen LogP contribution in [0.15, 0.2) is 24.3 Å². The van der Waals surface area contributed by atoms with Gasteiger partial charge >= 0.3 is 0 Å². The van der Waals surface area contributed by atoms with E-state index in [0.29, 0.717) is 5.75 Å². The van der Waals surface area contributed by atoms with Crippen molar-refractivity contribution in [3.05, 3.63) is 24.3 Å². The summed E-state index contributed by atoms with van der Waals surface area (Å²) in [7, 11) is 1.62. The fraction of sp³-hybridized carbons (Fsp3) is 0.533. The topological polar surface area (TPSA) is 59.6 Å². The molecule has 1 heterocycles. The molecular formula is C15H22N2O3. The number of hydrogen-bond acceptors (Lipinski definition) is 4. The number of methoxy groups -OCH3 is 1. The van der Waals surface area contributed by atoms with Crippen LogP contribution in [-0.2, 0) is 4.79 Å². The van der Waals surface area contributed by atoms with E-state index in [2.05, 4.69) is 10.6 Å². The lowest BCUT2D eigenvalue weighted by molar-refractivity contribution is -0.128. The molecule has 1 aromatic rings. The van der Waals surface area contributed by atoms with Crippen LogP contribution in [0.25, 0.3) is 0 Å². The Labute approximate surface area is 119 Å². The smallest absolute Gasteiger partial charge is 0.261 e. The Bertz CT molecular complexity index is 427. The van der Waals surface area contributed by atoms with E-state index in [-0.39, 0.29) is 11.9 Å². The van der Waals surface area contributed by atoms with Gasteiger partial charge in [0.05, 0.1) is 7.11 Å². The van der Waals surface area contributed by atoms with E-state index in [1.54, 1.807) is 26.2 Å². The van der Waals surface area contributed by atoms with E-state index in [1.165, 1.54) is 0 Å². The van der Waals surface area contributed by atoms with Crippen LogP contribution in [0.4, 0.5) is 0 Å². The molecule has 0 spiro atoms. The Balaban J connectivity index is 1.83. The average Bonchev–Trinajstić information content (AvgIpc) is 2.49. The molecule has 20 heavy (non-hydrogen) atoms. The molecule has 0 aromatic heterocycles. The van der Waals surface area contributed by atoms with E-state index in [9.17, 15) is 4.79 Å². The number of rotatable bonds is 5. The highest BCUT2D eigenvalue weighted by Gasteiger charge is 2.20. The maximum Gasteiger partial charge on any atom is 0.261 e. The molecule has 1 aliphatic heterocycles. The summed E-state index contributed by atoms with van der Waals surface area (Å²) in [4.78, 5) is 12.1. The number of benzene rings is 1. The molecule has 0 bridgehead atoms. The zero-order valence-electron chi connectivity index (χ0n) is 12.0. The van der Waals surface area contributed by atoms with Crippen LogP contribution in [-0.4, -0.2) is 38.3 Å². The molecule has 2 atom stereocenters. The molecule has 0 aliphatic carbocycles. The summed E-state index contributed by atoms with van der Waals surface area (Å²) < 4.78 is 10.7. The zero-order valence-corrected chi connectivity index (χ0v) is 12.0. The molecule has 2 rings (SSSR count). The Kier molecular flexibility index (Phi) is 5.24. The predicted molar refractivity (Wildman–Crippen MR) is 77.1 cm³/mol. The van der Waals surface area contributed by atoms with Crippen LogP contribution in [0, 0.1) is 0 Å². The molecule has 0 saturated carbocycles. The second-order valence-electron chi connectivity index (χ2n) is 4.99. The first kappa shape index (κ1) is 14.7. The summed E-state index contributed by atoms with van der Waals surface area (Å²) in [5.74, 6) is 1.35. The zero-order chi connectivity index (χ0) is 14.4. The molecule has 2 N–H and O–H groups in total. The number of carbonyl (C=O) groups is 1. The largest absolute Gasteiger partial charge is 0.497 e. The molecule has 0 radical (unpaired) electrons. The first-order chi connectivity index (χ1) is 9.69. The fourth-order valence-electron chi connectivity index (χ4n) is 2.21. The Hall–Kier alpha value is -1.75. The van der Waals surface area contributed by atoms with Gasteiger partial charge in [0.1, 0.15) is 11.5 Å². The van der Waals surface area contributed by atoms with Crippen LogP contribution < -0.4 is 20.1 Å². The SMILES string of the molecule is COc1ccc(OC(C)C(=O)N[C@H]2CCCNC2)cc1. The van der Waals surface area contributed by atoms with Crippen molar-refractivity contribution in [3.63, 3.8) is 0 Å². The Morgan fingerprint density at radius 1 is 1.35 bits per heavy atom. The van der Waals surface area contributed by atoms with Gasteiger partial charge in [-0.2, -0.15) is 0 Å². The van der Waals surface area contributed by atoms with Gasteiger partial charge in [0.15, 0.2) is 6.10 Å². The first-order valence-corrected chi connectivity index (χ1v) is 7.01. The van der Waals surface area contributed by atoms with Crippen molar-refractivity contribution in [2.75, 3.05) is 20.2 Å². The van der Waals surface area contributed by atoms with Gasteiger partial charge in [-0.1, -0.05) is 0 Å². The van der Waals surface area contributed by atoms with Crippen molar-refractivity contribution >= 4 is 5.91 Å². The van der Waals surface area contributed by atoms with E-state index in [4.69, 9.17) is 9.47 Å². The molecule has 5 heteroatoms. The molecule has 1 aliphatic rings. The maximum absolute atomic E-state index is 12.1. The van der Waals surface area contributed by atoms with Crippen LogP contribution in [0.5, 0.6) is 11.5 Å². The van der Waals surface area contributed by atoms with Crippen molar-refractivity contribution < 1.29 is 14.3 Å². The number of carbonyl (C=O) groups excluding carboxylic acids is 1. The van der Waals surface area contributed by atoms with Gasteiger partial charge < -0.3 is 20.1 Å². The lowest BCUT2D eigenvalue weighted by Gasteiger charge is -2.25. The monoisotopic (exact) mass is 278 g/mol. The minimum Gasteiger partial charge on any atom is -0.497 e. The summed E-state index contributed by atoms with van der Waals surface area (Å²) >= 11 is 0. The minimum atomic E-state index is -0.509. The molecule has 1 amide bonds. The maximum atomic E-state index is 12.1. The summed E-state index contributed by atoms with van der Waals surface area (Å²) in [5, 5.41) is 6.28. The Morgan fingerprint density at radius 2 is 2.05 bits per heavy atom. The van der Waals surface area contributed by atoms with Crippen LogP contribution in [0.1, 0.15) is 19.8 Å². The number of ether oxygens (including phenoxy) is 2. The third kappa shape index (κ3) is 4.13. The third-order valence-electron chi connectivity index (χ3n) is 3.38. The molecular weight excluding hydrogens is 256 g/mol. The van der Waals surface area contributed by atoms with E-state index in [1.807, 2.05) is 12.1 Å². The molecule has 1 saturated heterocycles. The molecule has 5 nitrogen and oxygen atoms in total. The molecule has 1 unspecified atom stereocenters. The highest BCUT2D eigenvalue weighted by molar-refractivity contribution is 5.81. The number of piperidine rings is 1. The van der Waals surface area contributed by atoms with Gasteiger partial charge in [0.2, 0.25) is 0 Å². The predicted octanol–water partition coefficient (Wildman–Crippen LogP) is 1.33. The van der Waals surface area contributed by atoms with Crippen LogP contribution in [0.3, 0.4) is 0 Å². The van der Waals surface area contributed by atoms with Crippen LogP contribution in [0.2, 0.25) is 0 Å². The first-order valence-electron chi connectivity index (χ1n) is 7.01. The van der Waals surface area contributed by atoms with Crippen molar-refractivity contribution in [2.45, 2.75) is 31.9 Å². The van der Waals surface area contributed by atoms with Gasteiger partial charge in [-0.15, -0.1) is 0 Å². The summed E-state index contributed by atoms with van der Waals surface area (Å²) in [5.41, 5.74) is 0. The summed E-state index contributed by atoms with van der Waals surface area (Å²) in [6.07, 6.45) is 1.61. The van der Waals surface area contributed by atoms with E-state index >= 15 is 0 Å². The van der Waals surface area contributed by atoms with Crippen LogP contribution >= 0.6 is 0 Å². The van der Waals surface area contributed by atoms with Gasteiger partial charge in [0.25, 0.3) is 5.91 Å². The third-order valence-corrected chi connectivity index (χ3v) is 3.38. The fourth-order valence-corrected chi connectivity index (χ4v) is 2.21. The van der Waals surface area contributed by atoms with Gasteiger partial charge in [-0.25, -0.2) is 0 Å². The van der Waals surface area contributed by atoms with Crippen molar-refractivity contribution in [2.24, 2.45) is 0 Å². The van der Waals surface area contributed by atoms with Crippen molar-refractivity contribution in [1.29, 1.82) is 0 Å².